The number of carbonyl (C=O) groups is 1. The van der Waals surface area contributed by atoms with E-state index in [0.29, 0.717) is 11.6 Å². The first kappa shape index (κ1) is 17.8. The molecule has 2 aromatic carbocycles. The summed E-state index contributed by atoms with van der Waals surface area (Å²) in [4.78, 5) is 20.5. The van der Waals surface area contributed by atoms with Crippen molar-refractivity contribution in [3.05, 3.63) is 76.3 Å². The molecule has 26 heavy (non-hydrogen) atoms. The summed E-state index contributed by atoms with van der Waals surface area (Å²) in [5, 5.41) is 5.67. The van der Waals surface area contributed by atoms with Crippen LogP contribution in [0, 0.1) is 19.7 Å². The molecule has 0 saturated heterocycles. The van der Waals surface area contributed by atoms with Crippen molar-refractivity contribution >= 4 is 34.8 Å². The van der Waals surface area contributed by atoms with E-state index in [9.17, 15) is 9.18 Å². The van der Waals surface area contributed by atoms with E-state index < -0.39 is 11.7 Å². The number of hydrogen-bond acceptors (Lipinski definition) is 4. The molecule has 0 atom stereocenters. The number of carbonyl (C=O) groups excluding carboxylic acids is 1. The van der Waals surface area contributed by atoms with Crippen molar-refractivity contribution in [1.82, 2.24) is 9.97 Å². The SMILES string of the molecule is Cc1ccc(Nc2ncc(C(=O)Nc3ccc(F)c(Cl)c3)cn2)c(C)c1. The number of aromatic nitrogens is 2. The zero-order chi connectivity index (χ0) is 18.7. The Morgan fingerprint density at radius 1 is 1.08 bits per heavy atom. The van der Waals surface area contributed by atoms with Crippen LogP contribution in [0.25, 0.3) is 0 Å². The fourth-order valence-corrected chi connectivity index (χ4v) is 2.54. The minimum Gasteiger partial charge on any atom is -0.324 e. The van der Waals surface area contributed by atoms with Gasteiger partial charge in [-0.2, -0.15) is 0 Å². The number of aryl methyl sites for hydroxylation is 2. The molecule has 2 N–H and O–H groups in total. The van der Waals surface area contributed by atoms with Crippen LogP contribution < -0.4 is 10.6 Å². The summed E-state index contributed by atoms with van der Waals surface area (Å²) in [6.07, 6.45) is 2.83. The molecule has 1 heterocycles. The number of nitrogens with zero attached hydrogens (tertiary/aromatic N) is 2. The highest BCUT2D eigenvalue weighted by molar-refractivity contribution is 6.31. The van der Waals surface area contributed by atoms with Crippen LogP contribution in [-0.2, 0) is 0 Å². The number of rotatable bonds is 4. The summed E-state index contributed by atoms with van der Waals surface area (Å²) >= 11 is 5.70. The molecule has 0 radical (unpaired) electrons. The fourth-order valence-electron chi connectivity index (χ4n) is 2.36. The number of halogens is 2. The van der Waals surface area contributed by atoms with Crippen molar-refractivity contribution in [3.8, 4) is 0 Å². The number of hydrogen-bond donors (Lipinski definition) is 2. The van der Waals surface area contributed by atoms with Gasteiger partial charge in [-0.25, -0.2) is 14.4 Å². The minimum atomic E-state index is -0.546. The summed E-state index contributed by atoms with van der Waals surface area (Å²) in [5.41, 5.74) is 3.80. The lowest BCUT2D eigenvalue weighted by atomic mass is 10.1. The van der Waals surface area contributed by atoms with E-state index >= 15 is 0 Å². The number of anilines is 3. The van der Waals surface area contributed by atoms with E-state index in [4.69, 9.17) is 11.6 Å². The average molecular weight is 371 g/mol. The second kappa shape index (κ2) is 7.49. The Morgan fingerprint density at radius 3 is 2.46 bits per heavy atom. The van der Waals surface area contributed by atoms with Crippen molar-refractivity contribution < 1.29 is 9.18 Å². The molecule has 0 spiro atoms. The summed E-state index contributed by atoms with van der Waals surface area (Å²) in [6, 6.07) is 9.95. The molecule has 1 amide bonds. The van der Waals surface area contributed by atoms with Crippen LogP contribution in [-0.4, -0.2) is 15.9 Å². The van der Waals surface area contributed by atoms with Crippen molar-refractivity contribution in [1.29, 1.82) is 0 Å². The van der Waals surface area contributed by atoms with Gasteiger partial charge in [0.15, 0.2) is 0 Å². The Labute approximate surface area is 155 Å². The quantitative estimate of drug-likeness (QED) is 0.686. The maximum atomic E-state index is 13.2. The lowest BCUT2D eigenvalue weighted by Crippen LogP contribution is -2.13. The average Bonchev–Trinajstić information content (AvgIpc) is 2.61. The summed E-state index contributed by atoms with van der Waals surface area (Å²) in [7, 11) is 0. The van der Waals surface area contributed by atoms with Gasteiger partial charge in [-0.1, -0.05) is 29.3 Å². The third-order valence-corrected chi connectivity index (χ3v) is 4.01. The molecule has 7 heteroatoms. The van der Waals surface area contributed by atoms with Crippen LogP contribution in [0.4, 0.5) is 21.7 Å². The highest BCUT2D eigenvalue weighted by atomic mass is 35.5. The van der Waals surface area contributed by atoms with Gasteiger partial charge in [0.1, 0.15) is 5.82 Å². The van der Waals surface area contributed by atoms with Gasteiger partial charge in [-0.15, -0.1) is 0 Å². The Kier molecular flexibility index (Phi) is 5.14. The minimum absolute atomic E-state index is 0.0629. The predicted molar refractivity (Wildman–Crippen MR) is 101 cm³/mol. The molecule has 1 aromatic heterocycles. The predicted octanol–water partition coefficient (Wildman–Crippen LogP) is 4.88. The maximum Gasteiger partial charge on any atom is 0.258 e. The van der Waals surface area contributed by atoms with Crippen molar-refractivity contribution in [2.24, 2.45) is 0 Å². The third kappa shape index (κ3) is 4.15. The molecule has 0 unspecified atom stereocenters. The Hall–Kier alpha value is -2.99. The van der Waals surface area contributed by atoms with E-state index in [1.54, 1.807) is 0 Å². The Bertz CT molecular complexity index is 960. The first-order valence-corrected chi connectivity index (χ1v) is 8.23. The molecule has 3 rings (SSSR count). The molecule has 0 saturated carbocycles. The van der Waals surface area contributed by atoms with E-state index in [2.05, 4.69) is 26.7 Å². The number of amides is 1. The van der Waals surface area contributed by atoms with Crippen LogP contribution in [0.3, 0.4) is 0 Å². The van der Waals surface area contributed by atoms with Gasteiger partial charge in [0.2, 0.25) is 5.95 Å². The highest BCUT2D eigenvalue weighted by Gasteiger charge is 2.10. The van der Waals surface area contributed by atoms with Crippen molar-refractivity contribution in [2.75, 3.05) is 10.6 Å². The summed E-state index contributed by atoms with van der Waals surface area (Å²) in [5.74, 6) is -0.570. The van der Waals surface area contributed by atoms with Crippen molar-refractivity contribution in [3.63, 3.8) is 0 Å². The molecule has 0 aliphatic heterocycles. The third-order valence-electron chi connectivity index (χ3n) is 3.72. The van der Waals surface area contributed by atoms with Crippen LogP contribution in [0.15, 0.2) is 48.8 Å². The fraction of sp³-hybridized carbons (Fsp3) is 0.105. The summed E-state index contributed by atoms with van der Waals surface area (Å²) in [6.45, 7) is 4.01. The van der Waals surface area contributed by atoms with Gasteiger partial charge in [0.25, 0.3) is 5.91 Å². The standard InChI is InChI=1S/C19H16ClFN4O/c1-11-3-6-17(12(2)7-11)25-19-22-9-13(10-23-19)18(26)24-14-4-5-16(21)15(20)8-14/h3-10H,1-2H3,(H,24,26)(H,22,23,25). The van der Waals surface area contributed by atoms with Crippen LogP contribution in [0.1, 0.15) is 21.5 Å². The zero-order valence-electron chi connectivity index (χ0n) is 14.2. The zero-order valence-corrected chi connectivity index (χ0v) is 14.9. The molecule has 0 aliphatic carbocycles. The topological polar surface area (TPSA) is 66.9 Å². The monoisotopic (exact) mass is 370 g/mol. The van der Waals surface area contributed by atoms with E-state index in [-0.39, 0.29) is 10.6 Å². The normalized spacial score (nSPS) is 10.5. The van der Waals surface area contributed by atoms with Crippen LogP contribution >= 0.6 is 11.6 Å². The molecule has 0 aliphatic rings. The van der Waals surface area contributed by atoms with E-state index in [1.807, 2.05) is 26.0 Å². The van der Waals surface area contributed by atoms with Crippen LogP contribution in [0.5, 0.6) is 0 Å². The van der Waals surface area contributed by atoms with Gasteiger partial charge in [-0.05, 0) is 43.7 Å². The van der Waals surface area contributed by atoms with Gasteiger partial charge in [-0.3, -0.25) is 4.79 Å². The molecular weight excluding hydrogens is 355 g/mol. The molecule has 3 aromatic rings. The summed E-state index contributed by atoms with van der Waals surface area (Å²) < 4.78 is 13.2. The molecule has 0 bridgehead atoms. The van der Waals surface area contributed by atoms with E-state index in [1.165, 1.54) is 36.2 Å². The van der Waals surface area contributed by atoms with Gasteiger partial charge in [0.05, 0.1) is 10.6 Å². The lowest BCUT2D eigenvalue weighted by molar-refractivity contribution is 0.102. The van der Waals surface area contributed by atoms with Gasteiger partial charge in [0, 0.05) is 23.8 Å². The first-order chi connectivity index (χ1) is 12.4. The number of nitrogens with one attached hydrogen (secondary N) is 2. The number of benzene rings is 2. The van der Waals surface area contributed by atoms with Crippen molar-refractivity contribution in [2.45, 2.75) is 13.8 Å². The maximum absolute atomic E-state index is 13.2. The largest absolute Gasteiger partial charge is 0.324 e. The molecule has 0 fully saturated rings. The smallest absolute Gasteiger partial charge is 0.258 e. The first-order valence-electron chi connectivity index (χ1n) is 7.85. The lowest BCUT2D eigenvalue weighted by Gasteiger charge is -2.09. The highest BCUT2D eigenvalue weighted by Crippen LogP contribution is 2.21. The molecule has 132 valence electrons. The Balaban J connectivity index is 1.70. The van der Waals surface area contributed by atoms with E-state index in [0.717, 1.165) is 11.3 Å². The second-order valence-corrected chi connectivity index (χ2v) is 6.23. The second-order valence-electron chi connectivity index (χ2n) is 5.82. The Morgan fingerprint density at radius 2 is 1.81 bits per heavy atom. The van der Waals surface area contributed by atoms with Gasteiger partial charge >= 0.3 is 0 Å². The molecule has 5 nitrogen and oxygen atoms in total. The van der Waals surface area contributed by atoms with Gasteiger partial charge < -0.3 is 10.6 Å². The molecular formula is C19H16ClFN4O. The van der Waals surface area contributed by atoms with Crippen LogP contribution in [0.2, 0.25) is 5.02 Å².